The number of halogens is 2. The molecule has 0 fully saturated rings. The fraction of sp³-hybridized carbons (Fsp3) is 0.200. The summed E-state index contributed by atoms with van der Waals surface area (Å²) in [5, 5.41) is 10.0. The van der Waals surface area contributed by atoms with E-state index in [2.05, 4.69) is 0 Å². The zero-order chi connectivity index (χ0) is 13.8. The van der Waals surface area contributed by atoms with E-state index in [1.54, 1.807) is 31.2 Å². The molecule has 0 aliphatic heterocycles. The van der Waals surface area contributed by atoms with Crippen LogP contribution in [0.15, 0.2) is 47.4 Å². The van der Waals surface area contributed by atoms with E-state index in [-0.39, 0.29) is 11.6 Å². The lowest BCUT2D eigenvalue weighted by Crippen LogP contribution is -2.01. The van der Waals surface area contributed by atoms with E-state index in [4.69, 9.17) is 0 Å². The lowest BCUT2D eigenvalue weighted by molar-refractivity contribution is 0.204. The molecule has 2 aromatic rings. The Bertz CT molecular complexity index is 555. The van der Waals surface area contributed by atoms with Gasteiger partial charge in [0.05, 0.1) is 6.10 Å². The number of benzene rings is 2. The lowest BCUT2D eigenvalue weighted by Gasteiger charge is -2.11. The van der Waals surface area contributed by atoms with E-state index < -0.39 is 6.10 Å². The smallest absolute Gasteiger partial charge is 0.126 e. The van der Waals surface area contributed by atoms with E-state index >= 15 is 0 Å². The fourth-order valence-electron chi connectivity index (χ4n) is 1.68. The van der Waals surface area contributed by atoms with Gasteiger partial charge in [0.1, 0.15) is 11.6 Å². The van der Waals surface area contributed by atoms with Crippen LogP contribution in [-0.4, -0.2) is 10.9 Å². The molecule has 2 aromatic carbocycles. The van der Waals surface area contributed by atoms with E-state index in [0.717, 1.165) is 4.90 Å². The molecule has 1 atom stereocenters. The quantitative estimate of drug-likeness (QED) is 0.851. The van der Waals surface area contributed by atoms with E-state index in [9.17, 15) is 13.9 Å². The van der Waals surface area contributed by atoms with Gasteiger partial charge in [-0.1, -0.05) is 12.1 Å². The second-order valence-corrected chi connectivity index (χ2v) is 5.38. The molecule has 0 saturated heterocycles. The standard InChI is InChI=1S/C15H14F2OS/c1-10-8-11(2-7-14(10)17)15(18)9-19-13-5-3-12(16)4-6-13/h2-8,15,18H,9H2,1H3. The van der Waals surface area contributed by atoms with Crippen LogP contribution in [0.5, 0.6) is 0 Å². The van der Waals surface area contributed by atoms with Crippen LogP contribution in [0, 0.1) is 18.6 Å². The first kappa shape index (κ1) is 14.0. The minimum Gasteiger partial charge on any atom is -0.388 e. The van der Waals surface area contributed by atoms with Gasteiger partial charge in [-0.25, -0.2) is 8.78 Å². The van der Waals surface area contributed by atoms with Crippen molar-refractivity contribution >= 4 is 11.8 Å². The molecule has 1 N–H and O–H groups in total. The maximum Gasteiger partial charge on any atom is 0.126 e. The van der Waals surface area contributed by atoms with Crippen LogP contribution < -0.4 is 0 Å². The van der Waals surface area contributed by atoms with Crippen LogP contribution in [0.4, 0.5) is 8.78 Å². The summed E-state index contributed by atoms with van der Waals surface area (Å²) in [5.74, 6) is -0.113. The van der Waals surface area contributed by atoms with Crippen LogP contribution >= 0.6 is 11.8 Å². The molecule has 0 radical (unpaired) electrons. The minimum absolute atomic E-state index is 0.276. The highest BCUT2D eigenvalue weighted by Gasteiger charge is 2.10. The summed E-state index contributed by atoms with van der Waals surface area (Å²) in [6.45, 7) is 1.67. The fourth-order valence-corrected chi connectivity index (χ4v) is 2.55. The molecule has 0 heterocycles. The maximum absolute atomic E-state index is 13.1. The number of thioether (sulfide) groups is 1. The monoisotopic (exact) mass is 280 g/mol. The topological polar surface area (TPSA) is 20.2 Å². The third-order valence-electron chi connectivity index (χ3n) is 2.79. The van der Waals surface area contributed by atoms with Crippen molar-refractivity contribution in [1.29, 1.82) is 0 Å². The molecule has 0 aromatic heterocycles. The summed E-state index contributed by atoms with van der Waals surface area (Å²) in [7, 11) is 0. The highest BCUT2D eigenvalue weighted by Crippen LogP contribution is 2.25. The second kappa shape index (κ2) is 6.17. The van der Waals surface area contributed by atoms with Crippen molar-refractivity contribution in [3.63, 3.8) is 0 Å². The number of aliphatic hydroxyl groups excluding tert-OH is 1. The van der Waals surface area contributed by atoms with Crippen molar-refractivity contribution in [3.8, 4) is 0 Å². The van der Waals surface area contributed by atoms with Gasteiger partial charge in [-0.05, 0) is 48.4 Å². The summed E-state index contributed by atoms with van der Waals surface area (Å²) < 4.78 is 25.9. The zero-order valence-electron chi connectivity index (χ0n) is 10.4. The van der Waals surface area contributed by atoms with Crippen molar-refractivity contribution < 1.29 is 13.9 Å². The Balaban J connectivity index is 1.98. The molecule has 4 heteroatoms. The normalized spacial score (nSPS) is 12.4. The predicted octanol–water partition coefficient (Wildman–Crippen LogP) is 4.10. The highest BCUT2D eigenvalue weighted by molar-refractivity contribution is 7.99. The third kappa shape index (κ3) is 3.78. The molecule has 100 valence electrons. The summed E-state index contributed by atoms with van der Waals surface area (Å²) in [4.78, 5) is 0.888. The van der Waals surface area contributed by atoms with Crippen molar-refractivity contribution in [1.82, 2.24) is 0 Å². The van der Waals surface area contributed by atoms with E-state index in [1.165, 1.54) is 30.0 Å². The average molecular weight is 280 g/mol. The molecule has 0 saturated carbocycles. The van der Waals surface area contributed by atoms with E-state index in [0.29, 0.717) is 16.9 Å². The van der Waals surface area contributed by atoms with Gasteiger partial charge >= 0.3 is 0 Å². The molecule has 0 bridgehead atoms. The largest absolute Gasteiger partial charge is 0.388 e. The van der Waals surface area contributed by atoms with Gasteiger partial charge in [-0.15, -0.1) is 11.8 Å². The van der Waals surface area contributed by atoms with Crippen LogP contribution in [0.2, 0.25) is 0 Å². The molecule has 0 aliphatic rings. The first-order valence-electron chi connectivity index (χ1n) is 5.89. The minimum atomic E-state index is -0.672. The molecular formula is C15H14F2OS. The van der Waals surface area contributed by atoms with Gasteiger partial charge < -0.3 is 5.11 Å². The number of hydrogen-bond donors (Lipinski definition) is 1. The Kier molecular flexibility index (Phi) is 4.56. The summed E-state index contributed by atoms with van der Waals surface area (Å²) >= 11 is 1.43. The van der Waals surface area contributed by atoms with Crippen molar-refractivity contribution in [3.05, 3.63) is 65.2 Å². The lowest BCUT2D eigenvalue weighted by atomic mass is 10.1. The Labute approximate surface area is 115 Å². The van der Waals surface area contributed by atoms with Crippen molar-refractivity contribution in [2.45, 2.75) is 17.9 Å². The Morgan fingerprint density at radius 2 is 1.79 bits per heavy atom. The summed E-state index contributed by atoms with van der Waals surface area (Å²) in [6.07, 6.45) is -0.672. The molecule has 0 amide bonds. The van der Waals surface area contributed by atoms with Crippen LogP contribution in [-0.2, 0) is 0 Å². The van der Waals surface area contributed by atoms with Crippen LogP contribution in [0.3, 0.4) is 0 Å². The van der Waals surface area contributed by atoms with Gasteiger partial charge in [0, 0.05) is 10.6 Å². The molecule has 19 heavy (non-hydrogen) atoms. The molecule has 1 nitrogen and oxygen atoms in total. The number of hydrogen-bond acceptors (Lipinski definition) is 2. The molecule has 0 spiro atoms. The Morgan fingerprint density at radius 1 is 1.11 bits per heavy atom. The molecular weight excluding hydrogens is 266 g/mol. The van der Waals surface area contributed by atoms with Gasteiger partial charge in [0.2, 0.25) is 0 Å². The van der Waals surface area contributed by atoms with Gasteiger partial charge in [-0.2, -0.15) is 0 Å². The average Bonchev–Trinajstić information content (AvgIpc) is 2.41. The van der Waals surface area contributed by atoms with Crippen LogP contribution in [0.25, 0.3) is 0 Å². The SMILES string of the molecule is Cc1cc(C(O)CSc2ccc(F)cc2)ccc1F. The molecule has 0 aliphatic carbocycles. The molecule has 1 unspecified atom stereocenters. The first-order chi connectivity index (χ1) is 9.06. The summed E-state index contributed by atoms with van der Waals surface area (Å²) in [5.41, 5.74) is 1.21. The van der Waals surface area contributed by atoms with Gasteiger partial charge in [0.25, 0.3) is 0 Å². The summed E-state index contributed by atoms with van der Waals surface area (Å²) in [6, 6.07) is 10.7. The van der Waals surface area contributed by atoms with Crippen molar-refractivity contribution in [2.75, 3.05) is 5.75 Å². The Hall–Kier alpha value is -1.39. The predicted molar refractivity (Wildman–Crippen MR) is 73.2 cm³/mol. The molecule has 2 rings (SSSR count). The number of aliphatic hydroxyl groups is 1. The third-order valence-corrected chi connectivity index (χ3v) is 3.88. The maximum atomic E-state index is 13.1. The number of rotatable bonds is 4. The number of aryl methyl sites for hydroxylation is 1. The van der Waals surface area contributed by atoms with E-state index in [1.807, 2.05) is 0 Å². The van der Waals surface area contributed by atoms with Crippen LogP contribution in [0.1, 0.15) is 17.2 Å². The Morgan fingerprint density at radius 3 is 2.42 bits per heavy atom. The van der Waals surface area contributed by atoms with Gasteiger partial charge in [-0.3, -0.25) is 0 Å². The first-order valence-corrected chi connectivity index (χ1v) is 6.87. The van der Waals surface area contributed by atoms with Gasteiger partial charge in [0.15, 0.2) is 0 Å². The second-order valence-electron chi connectivity index (χ2n) is 4.29. The zero-order valence-corrected chi connectivity index (χ0v) is 11.3. The van der Waals surface area contributed by atoms with Crippen molar-refractivity contribution in [2.24, 2.45) is 0 Å². The highest BCUT2D eigenvalue weighted by atomic mass is 32.2.